The first-order valence-electron chi connectivity index (χ1n) is 7.36. The van der Waals surface area contributed by atoms with Crippen molar-refractivity contribution in [1.29, 1.82) is 0 Å². The van der Waals surface area contributed by atoms with Crippen LogP contribution in [0.3, 0.4) is 0 Å². The van der Waals surface area contributed by atoms with Crippen molar-refractivity contribution in [2.75, 3.05) is 5.32 Å². The third-order valence-corrected chi connectivity index (χ3v) is 3.95. The average Bonchev–Trinajstić information content (AvgIpc) is 2.54. The maximum absolute atomic E-state index is 13.1. The number of hydrogen-bond acceptors (Lipinski definition) is 4. The molecule has 1 atom stereocenters. The predicted molar refractivity (Wildman–Crippen MR) is 94.1 cm³/mol. The van der Waals surface area contributed by atoms with Crippen LogP contribution in [0.4, 0.5) is 10.1 Å². The minimum absolute atomic E-state index is 0.127. The van der Waals surface area contributed by atoms with Gasteiger partial charge in [-0.15, -0.1) is 0 Å². The first kappa shape index (κ1) is 18.8. The van der Waals surface area contributed by atoms with Crippen LogP contribution in [0.15, 0.2) is 46.9 Å². The van der Waals surface area contributed by atoms with Crippen LogP contribution in [0.5, 0.6) is 0 Å². The molecule has 0 aliphatic rings. The van der Waals surface area contributed by atoms with E-state index in [0.29, 0.717) is 11.3 Å². The first-order valence-corrected chi connectivity index (χ1v) is 8.15. The molecule has 0 aliphatic carbocycles. The Bertz CT molecular complexity index is 820. The number of carbonyl (C=O) groups excluding carboxylic acids is 3. The highest BCUT2D eigenvalue weighted by molar-refractivity contribution is 9.10. The molecule has 0 heterocycles. The maximum Gasteiger partial charge on any atom is 0.340 e. The lowest BCUT2D eigenvalue weighted by Crippen LogP contribution is -2.24. The van der Waals surface area contributed by atoms with Gasteiger partial charge in [-0.1, -0.05) is 0 Å². The molecule has 0 saturated carbocycles. The minimum atomic E-state index is -1.02. The van der Waals surface area contributed by atoms with Gasteiger partial charge in [-0.2, -0.15) is 0 Å². The number of ketones is 1. The van der Waals surface area contributed by atoms with Crippen molar-refractivity contribution in [3.63, 3.8) is 0 Å². The van der Waals surface area contributed by atoms with Crippen molar-refractivity contribution in [2.45, 2.75) is 20.0 Å². The Morgan fingerprint density at radius 3 is 2.32 bits per heavy atom. The number of anilines is 1. The molecule has 0 aliphatic heterocycles. The summed E-state index contributed by atoms with van der Waals surface area (Å²) in [6.07, 6.45) is -1.02. The zero-order valence-electron chi connectivity index (χ0n) is 13.5. The number of amides is 1. The molecule has 1 amide bonds. The second-order valence-electron chi connectivity index (χ2n) is 5.29. The molecule has 0 unspecified atom stereocenters. The Kier molecular flexibility index (Phi) is 6.03. The van der Waals surface area contributed by atoms with Crippen LogP contribution in [0.2, 0.25) is 0 Å². The molecule has 0 radical (unpaired) electrons. The van der Waals surface area contributed by atoms with Gasteiger partial charge in [0.15, 0.2) is 6.10 Å². The number of benzene rings is 2. The first-order chi connectivity index (χ1) is 11.8. The summed E-state index contributed by atoms with van der Waals surface area (Å²) in [6, 6.07) is 9.79. The van der Waals surface area contributed by atoms with E-state index in [4.69, 9.17) is 4.74 Å². The van der Waals surface area contributed by atoms with Gasteiger partial charge >= 0.3 is 5.97 Å². The minimum Gasteiger partial charge on any atom is -0.451 e. The molecule has 0 saturated heterocycles. The molecule has 7 heteroatoms. The van der Waals surface area contributed by atoms with Crippen molar-refractivity contribution >= 4 is 39.3 Å². The van der Waals surface area contributed by atoms with Crippen LogP contribution in [0.1, 0.15) is 34.6 Å². The molecule has 130 valence electrons. The Morgan fingerprint density at radius 2 is 1.76 bits per heavy atom. The van der Waals surface area contributed by atoms with Crippen molar-refractivity contribution in [2.24, 2.45) is 0 Å². The van der Waals surface area contributed by atoms with Gasteiger partial charge in [-0.25, -0.2) is 9.18 Å². The molecule has 0 spiro atoms. The van der Waals surface area contributed by atoms with Gasteiger partial charge in [-0.05, 0) is 65.3 Å². The second-order valence-corrected chi connectivity index (χ2v) is 6.15. The van der Waals surface area contributed by atoms with E-state index in [1.54, 1.807) is 12.1 Å². The fraction of sp³-hybridized carbons (Fsp3) is 0.167. The van der Waals surface area contributed by atoms with E-state index >= 15 is 0 Å². The Hall–Kier alpha value is -2.54. The predicted octanol–water partition coefficient (Wildman–Crippen LogP) is 3.97. The number of nitrogens with one attached hydrogen (secondary N) is 1. The molecule has 0 bridgehead atoms. The Labute approximate surface area is 152 Å². The average molecular weight is 408 g/mol. The fourth-order valence-electron chi connectivity index (χ4n) is 2.09. The molecule has 2 aromatic rings. The van der Waals surface area contributed by atoms with Crippen molar-refractivity contribution in [3.05, 3.63) is 63.9 Å². The summed E-state index contributed by atoms with van der Waals surface area (Å²) in [5.74, 6) is -1.83. The largest absolute Gasteiger partial charge is 0.451 e. The quantitative estimate of drug-likeness (QED) is 0.600. The molecule has 5 nitrogen and oxygen atoms in total. The van der Waals surface area contributed by atoms with Gasteiger partial charge < -0.3 is 10.1 Å². The van der Waals surface area contributed by atoms with Gasteiger partial charge in [0.25, 0.3) is 0 Å². The van der Waals surface area contributed by atoms with Crippen molar-refractivity contribution in [1.82, 2.24) is 0 Å². The molecule has 2 aromatic carbocycles. The Balaban J connectivity index is 2.06. The number of rotatable bonds is 5. The lowest BCUT2D eigenvalue weighted by Gasteiger charge is -2.13. The summed E-state index contributed by atoms with van der Waals surface area (Å²) < 4.78 is 18.5. The maximum atomic E-state index is 13.1. The monoisotopic (exact) mass is 407 g/mol. The summed E-state index contributed by atoms with van der Waals surface area (Å²) in [5, 5.41) is 2.59. The molecule has 1 N–H and O–H groups in total. The van der Waals surface area contributed by atoms with E-state index in [-0.39, 0.29) is 21.7 Å². The van der Waals surface area contributed by atoms with Gasteiger partial charge in [0, 0.05) is 22.6 Å². The second kappa shape index (κ2) is 8.02. The van der Waals surface area contributed by atoms with Gasteiger partial charge in [0.1, 0.15) is 5.82 Å². The van der Waals surface area contributed by atoms with E-state index in [1.165, 1.54) is 32.0 Å². The van der Waals surface area contributed by atoms with Crippen molar-refractivity contribution < 1.29 is 23.5 Å². The number of hydrogen-bond donors (Lipinski definition) is 1. The molecular formula is C18H15BrFNO4. The van der Waals surface area contributed by atoms with E-state index in [9.17, 15) is 18.8 Å². The van der Waals surface area contributed by atoms with Crippen LogP contribution in [-0.2, 0) is 9.53 Å². The van der Waals surface area contributed by atoms with Gasteiger partial charge in [0.2, 0.25) is 11.7 Å². The zero-order valence-corrected chi connectivity index (χ0v) is 15.1. The van der Waals surface area contributed by atoms with Crippen molar-refractivity contribution in [3.8, 4) is 0 Å². The highest BCUT2D eigenvalue weighted by Gasteiger charge is 2.21. The topological polar surface area (TPSA) is 72.5 Å². The summed E-state index contributed by atoms with van der Waals surface area (Å²) in [6.45, 7) is 2.84. The highest BCUT2D eigenvalue weighted by atomic mass is 79.9. The highest BCUT2D eigenvalue weighted by Crippen LogP contribution is 2.20. The molecule has 0 fully saturated rings. The van der Waals surface area contributed by atoms with Crippen LogP contribution in [0, 0.1) is 5.82 Å². The molecule has 0 aromatic heterocycles. The third kappa shape index (κ3) is 4.96. The number of Topliss-reactive ketones (excluding diaryl/α,β-unsaturated/α-hetero) is 1. The van der Waals surface area contributed by atoms with E-state index in [1.807, 2.05) is 0 Å². The number of carbonyl (C=O) groups is 3. The Morgan fingerprint density at radius 1 is 1.12 bits per heavy atom. The summed E-state index contributed by atoms with van der Waals surface area (Å²) in [7, 11) is 0. The smallest absolute Gasteiger partial charge is 0.340 e. The standard InChI is InChI=1S/C18H15BrFNO4/c1-10(25-18(24)15-8-5-13(20)9-16(15)19)17(23)12-3-6-14(7-4-12)21-11(2)22/h3-10H,1-2H3,(H,21,22)/t10-/m0/s1. The van der Waals surface area contributed by atoms with E-state index in [0.717, 1.165) is 12.1 Å². The third-order valence-electron chi connectivity index (χ3n) is 3.29. The van der Waals surface area contributed by atoms with Crippen LogP contribution < -0.4 is 5.32 Å². The normalized spacial score (nSPS) is 11.5. The summed E-state index contributed by atoms with van der Waals surface area (Å²) in [4.78, 5) is 35.5. The SMILES string of the molecule is CC(=O)Nc1ccc(C(=O)[C@H](C)OC(=O)c2ccc(F)cc2Br)cc1. The zero-order chi connectivity index (χ0) is 18.6. The lowest BCUT2D eigenvalue weighted by atomic mass is 10.1. The lowest BCUT2D eigenvalue weighted by molar-refractivity contribution is -0.114. The van der Waals surface area contributed by atoms with Crippen LogP contribution in [-0.4, -0.2) is 23.8 Å². The fourth-order valence-corrected chi connectivity index (χ4v) is 2.60. The van der Waals surface area contributed by atoms with E-state index in [2.05, 4.69) is 21.2 Å². The molecule has 2 rings (SSSR count). The van der Waals surface area contributed by atoms with Gasteiger partial charge in [-0.3, -0.25) is 9.59 Å². The van der Waals surface area contributed by atoms with Gasteiger partial charge in [0.05, 0.1) is 5.56 Å². The number of esters is 1. The summed E-state index contributed by atoms with van der Waals surface area (Å²) in [5.41, 5.74) is 1.03. The molecule has 25 heavy (non-hydrogen) atoms. The van der Waals surface area contributed by atoms with E-state index < -0.39 is 17.9 Å². The number of halogens is 2. The number of ether oxygens (including phenoxy) is 1. The van der Waals surface area contributed by atoms with Crippen LogP contribution in [0.25, 0.3) is 0 Å². The van der Waals surface area contributed by atoms with Crippen LogP contribution >= 0.6 is 15.9 Å². The summed E-state index contributed by atoms with van der Waals surface area (Å²) >= 11 is 3.09. The molecular weight excluding hydrogens is 393 g/mol.